The highest BCUT2D eigenvalue weighted by Crippen LogP contribution is 2.20. The summed E-state index contributed by atoms with van der Waals surface area (Å²) in [6, 6.07) is 8.33. The van der Waals surface area contributed by atoms with Crippen LogP contribution in [-0.4, -0.2) is 45.9 Å². The molecule has 0 atom stereocenters. The van der Waals surface area contributed by atoms with Gasteiger partial charge in [-0.15, -0.1) is 0 Å². The Morgan fingerprint density at radius 1 is 1.24 bits per heavy atom. The lowest BCUT2D eigenvalue weighted by molar-refractivity contribution is 0.0683. The Hall–Kier alpha value is -3.42. The van der Waals surface area contributed by atoms with Gasteiger partial charge in [0.1, 0.15) is 0 Å². The van der Waals surface area contributed by atoms with Gasteiger partial charge in [0, 0.05) is 32.2 Å². The maximum Gasteiger partial charge on any atom is 0.286 e. The van der Waals surface area contributed by atoms with Crippen LogP contribution in [0.4, 0.5) is 0 Å². The predicted molar refractivity (Wildman–Crippen MR) is 107 cm³/mol. The highest BCUT2D eigenvalue weighted by Gasteiger charge is 2.24. The second kappa shape index (κ2) is 7.90. The van der Waals surface area contributed by atoms with E-state index in [-0.39, 0.29) is 17.4 Å². The van der Waals surface area contributed by atoms with Crippen molar-refractivity contribution in [3.8, 4) is 0 Å². The van der Waals surface area contributed by atoms with E-state index < -0.39 is 0 Å². The van der Waals surface area contributed by atoms with Gasteiger partial charge in [-0.05, 0) is 49.1 Å². The number of aryl methyl sites for hydroxylation is 1. The van der Waals surface area contributed by atoms with E-state index in [9.17, 15) is 14.4 Å². The van der Waals surface area contributed by atoms with Crippen LogP contribution in [0.5, 0.6) is 0 Å². The van der Waals surface area contributed by atoms with Crippen LogP contribution in [0.25, 0.3) is 10.9 Å². The number of fused-ring (bicyclic) bond motifs is 1. The number of hydrogen-bond acceptors (Lipinski definition) is 5. The standard InChI is InChI=1S/C21H22N4O4/c1-24-13-23-17-11-15(4-5-16(17)21(24)28)20(27)25-8-6-14(7-9-25)12-22-19(26)18-3-2-10-29-18/h2-5,10-11,13-14H,6-9,12H2,1H3,(H,22,26). The highest BCUT2D eigenvalue weighted by atomic mass is 16.3. The van der Waals surface area contributed by atoms with E-state index in [0.29, 0.717) is 47.8 Å². The number of nitrogens with one attached hydrogen (secondary N) is 1. The molecule has 4 rings (SSSR count). The number of nitrogens with zero attached hydrogens (tertiary/aromatic N) is 3. The minimum Gasteiger partial charge on any atom is -0.459 e. The van der Waals surface area contributed by atoms with E-state index in [0.717, 1.165) is 12.8 Å². The minimum atomic E-state index is -0.219. The van der Waals surface area contributed by atoms with E-state index in [1.165, 1.54) is 17.2 Å². The first-order valence-corrected chi connectivity index (χ1v) is 9.59. The Bertz CT molecular complexity index is 1100. The van der Waals surface area contributed by atoms with E-state index in [2.05, 4.69) is 10.3 Å². The molecule has 1 saturated heterocycles. The number of benzene rings is 1. The van der Waals surface area contributed by atoms with Crippen LogP contribution < -0.4 is 10.9 Å². The number of aromatic nitrogens is 2. The number of piperidine rings is 1. The van der Waals surface area contributed by atoms with E-state index in [1.807, 2.05) is 4.90 Å². The first-order valence-electron chi connectivity index (χ1n) is 9.59. The summed E-state index contributed by atoms with van der Waals surface area (Å²) in [5, 5.41) is 3.38. The van der Waals surface area contributed by atoms with Crippen molar-refractivity contribution < 1.29 is 14.0 Å². The maximum absolute atomic E-state index is 12.9. The van der Waals surface area contributed by atoms with Crippen molar-refractivity contribution in [1.82, 2.24) is 19.8 Å². The number of likely N-dealkylation sites (tertiary alicyclic amines) is 1. The smallest absolute Gasteiger partial charge is 0.286 e. The Morgan fingerprint density at radius 2 is 2.03 bits per heavy atom. The summed E-state index contributed by atoms with van der Waals surface area (Å²) in [4.78, 5) is 43.0. The minimum absolute atomic E-state index is 0.0625. The quantitative estimate of drug-likeness (QED) is 0.728. The molecule has 0 bridgehead atoms. The molecule has 0 aliphatic carbocycles. The summed E-state index contributed by atoms with van der Waals surface area (Å²) >= 11 is 0. The van der Waals surface area contributed by atoms with Crippen molar-refractivity contribution in [2.45, 2.75) is 12.8 Å². The SMILES string of the molecule is Cn1cnc2cc(C(=O)N3CCC(CNC(=O)c4ccco4)CC3)ccc2c1=O. The van der Waals surface area contributed by atoms with Crippen molar-refractivity contribution in [1.29, 1.82) is 0 Å². The fourth-order valence-corrected chi connectivity index (χ4v) is 3.60. The van der Waals surface area contributed by atoms with Crippen molar-refractivity contribution in [2.75, 3.05) is 19.6 Å². The topological polar surface area (TPSA) is 97.4 Å². The molecule has 0 spiro atoms. The van der Waals surface area contributed by atoms with Crippen LogP contribution in [0, 0.1) is 5.92 Å². The molecule has 1 aliphatic heterocycles. The van der Waals surface area contributed by atoms with Crippen LogP contribution in [0.3, 0.4) is 0 Å². The Labute approximate surface area is 167 Å². The van der Waals surface area contributed by atoms with Gasteiger partial charge in [-0.3, -0.25) is 14.4 Å². The van der Waals surface area contributed by atoms with Gasteiger partial charge in [0.15, 0.2) is 5.76 Å². The van der Waals surface area contributed by atoms with Gasteiger partial charge in [-0.25, -0.2) is 4.98 Å². The van der Waals surface area contributed by atoms with Crippen LogP contribution in [0.15, 0.2) is 52.1 Å². The molecule has 3 heterocycles. The zero-order valence-corrected chi connectivity index (χ0v) is 16.1. The largest absolute Gasteiger partial charge is 0.459 e. The Balaban J connectivity index is 1.35. The number of rotatable bonds is 4. The summed E-state index contributed by atoms with van der Waals surface area (Å²) in [5.41, 5.74) is 0.920. The molecule has 2 amide bonds. The zero-order chi connectivity index (χ0) is 20.4. The molecule has 0 unspecified atom stereocenters. The zero-order valence-electron chi connectivity index (χ0n) is 16.1. The number of hydrogen-bond donors (Lipinski definition) is 1. The van der Waals surface area contributed by atoms with Gasteiger partial charge >= 0.3 is 0 Å². The second-order valence-electron chi connectivity index (χ2n) is 7.32. The van der Waals surface area contributed by atoms with E-state index >= 15 is 0 Å². The van der Waals surface area contributed by atoms with E-state index in [4.69, 9.17) is 4.42 Å². The molecule has 150 valence electrons. The number of carbonyl (C=O) groups is 2. The van der Waals surface area contributed by atoms with Gasteiger partial charge < -0.3 is 19.2 Å². The van der Waals surface area contributed by atoms with Crippen LogP contribution in [-0.2, 0) is 7.05 Å². The third-order valence-corrected chi connectivity index (χ3v) is 5.36. The summed E-state index contributed by atoms with van der Waals surface area (Å²) < 4.78 is 6.50. The monoisotopic (exact) mass is 394 g/mol. The first-order chi connectivity index (χ1) is 14.0. The van der Waals surface area contributed by atoms with Crippen molar-refractivity contribution in [3.05, 3.63) is 64.6 Å². The van der Waals surface area contributed by atoms with Gasteiger partial charge in [0.05, 0.1) is 23.5 Å². The molecule has 29 heavy (non-hydrogen) atoms. The molecule has 1 N–H and O–H groups in total. The van der Waals surface area contributed by atoms with Gasteiger partial charge in [-0.1, -0.05) is 0 Å². The van der Waals surface area contributed by atoms with Crippen LogP contribution in [0.1, 0.15) is 33.8 Å². The van der Waals surface area contributed by atoms with Gasteiger partial charge in [0.25, 0.3) is 17.4 Å². The first kappa shape index (κ1) is 18.9. The number of amides is 2. The van der Waals surface area contributed by atoms with Gasteiger partial charge in [-0.2, -0.15) is 0 Å². The van der Waals surface area contributed by atoms with Crippen molar-refractivity contribution in [3.63, 3.8) is 0 Å². The molecular weight excluding hydrogens is 372 g/mol. The molecule has 1 aromatic carbocycles. The number of carbonyl (C=O) groups excluding carboxylic acids is 2. The summed E-state index contributed by atoms with van der Waals surface area (Å²) in [6.07, 6.45) is 4.56. The predicted octanol–water partition coefficient (Wildman–Crippen LogP) is 1.81. The molecule has 0 saturated carbocycles. The normalized spacial score (nSPS) is 14.9. The van der Waals surface area contributed by atoms with Crippen molar-refractivity contribution in [2.24, 2.45) is 13.0 Å². The fourth-order valence-electron chi connectivity index (χ4n) is 3.60. The average molecular weight is 394 g/mol. The van der Waals surface area contributed by atoms with E-state index in [1.54, 1.807) is 37.4 Å². The second-order valence-corrected chi connectivity index (χ2v) is 7.32. The third kappa shape index (κ3) is 3.91. The third-order valence-electron chi connectivity index (χ3n) is 5.36. The molecule has 1 fully saturated rings. The Morgan fingerprint density at radius 3 is 2.76 bits per heavy atom. The maximum atomic E-state index is 12.9. The fraction of sp³-hybridized carbons (Fsp3) is 0.333. The molecule has 1 aliphatic rings. The molecule has 3 aromatic rings. The molecule has 8 heteroatoms. The van der Waals surface area contributed by atoms with Crippen molar-refractivity contribution >= 4 is 22.7 Å². The lowest BCUT2D eigenvalue weighted by Gasteiger charge is -2.32. The number of furan rings is 1. The highest BCUT2D eigenvalue weighted by molar-refractivity contribution is 5.97. The van der Waals surface area contributed by atoms with Gasteiger partial charge in [0.2, 0.25) is 0 Å². The summed E-state index contributed by atoms with van der Waals surface area (Å²) in [6.45, 7) is 1.81. The average Bonchev–Trinajstić information content (AvgIpc) is 3.29. The van der Waals surface area contributed by atoms with Crippen LogP contribution >= 0.6 is 0 Å². The molecule has 2 aromatic heterocycles. The summed E-state index contributed by atoms with van der Waals surface area (Å²) in [7, 11) is 1.65. The Kier molecular flexibility index (Phi) is 5.16. The lowest BCUT2D eigenvalue weighted by atomic mass is 9.96. The lowest BCUT2D eigenvalue weighted by Crippen LogP contribution is -2.41. The summed E-state index contributed by atoms with van der Waals surface area (Å²) in [5.74, 6) is 0.340. The molecule has 0 radical (unpaired) electrons. The molecule has 8 nitrogen and oxygen atoms in total. The molecular formula is C21H22N4O4. The van der Waals surface area contributed by atoms with Crippen LogP contribution in [0.2, 0.25) is 0 Å².